The van der Waals surface area contributed by atoms with Crippen LogP contribution >= 0.6 is 0 Å². The molecule has 0 aliphatic rings. The number of hydrogen-bond acceptors (Lipinski definition) is 3. The molecule has 0 spiro atoms. The molecule has 17 heavy (non-hydrogen) atoms. The van der Waals surface area contributed by atoms with Crippen molar-refractivity contribution in [2.45, 2.75) is 6.54 Å². The second-order valence-electron chi connectivity index (χ2n) is 3.84. The molecule has 84 valence electrons. The van der Waals surface area contributed by atoms with E-state index in [1.54, 1.807) is 4.52 Å². The zero-order valence-corrected chi connectivity index (χ0v) is 9.24. The fourth-order valence-corrected chi connectivity index (χ4v) is 1.76. The zero-order chi connectivity index (χ0) is 11.7. The first-order chi connectivity index (χ1) is 8.36. The maximum atomic E-state index is 5.60. The van der Waals surface area contributed by atoms with E-state index in [1.807, 2.05) is 48.7 Å². The highest BCUT2D eigenvalue weighted by Crippen LogP contribution is 2.15. The monoisotopic (exact) mass is 224 g/mol. The summed E-state index contributed by atoms with van der Waals surface area (Å²) in [6.07, 6.45) is 1.89. The first-order valence-corrected chi connectivity index (χ1v) is 5.47. The second kappa shape index (κ2) is 3.99. The molecule has 0 fully saturated rings. The molecule has 0 aliphatic heterocycles. The Morgan fingerprint density at radius 2 is 1.94 bits per heavy atom. The normalized spacial score (nSPS) is 10.9. The van der Waals surface area contributed by atoms with Crippen LogP contribution < -0.4 is 5.73 Å². The van der Waals surface area contributed by atoms with Crippen molar-refractivity contribution in [2.75, 3.05) is 0 Å². The smallest absolute Gasteiger partial charge is 0.182 e. The minimum Gasteiger partial charge on any atom is -0.326 e. The molecule has 0 saturated heterocycles. The van der Waals surface area contributed by atoms with E-state index in [4.69, 9.17) is 5.73 Å². The average Bonchev–Trinajstić information content (AvgIpc) is 2.82. The highest BCUT2D eigenvalue weighted by molar-refractivity contribution is 5.58. The quantitative estimate of drug-likeness (QED) is 0.722. The number of benzene rings is 1. The van der Waals surface area contributed by atoms with Gasteiger partial charge in [0.2, 0.25) is 0 Å². The van der Waals surface area contributed by atoms with E-state index < -0.39 is 0 Å². The van der Waals surface area contributed by atoms with Gasteiger partial charge in [-0.3, -0.25) is 0 Å². The van der Waals surface area contributed by atoms with E-state index in [0.717, 1.165) is 22.6 Å². The molecule has 2 aromatic heterocycles. The third-order valence-corrected chi connectivity index (χ3v) is 2.67. The van der Waals surface area contributed by atoms with Crippen LogP contribution in [-0.4, -0.2) is 14.6 Å². The largest absolute Gasteiger partial charge is 0.326 e. The summed E-state index contributed by atoms with van der Waals surface area (Å²) in [4.78, 5) is 4.49. The maximum Gasteiger partial charge on any atom is 0.182 e. The molecule has 3 rings (SSSR count). The summed E-state index contributed by atoms with van der Waals surface area (Å²) < 4.78 is 1.77. The van der Waals surface area contributed by atoms with Crippen LogP contribution in [0, 0.1) is 0 Å². The van der Waals surface area contributed by atoms with Crippen LogP contribution in [0.25, 0.3) is 17.0 Å². The van der Waals surface area contributed by atoms with Crippen molar-refractivity contribution in [3.05, 3.63) is 54.2 Å². The van der Waals surface area contributed by atoms with Crippen molar-refractivity contribution >= 4 is 5.65 Å². The Bertz CT molecular complexity index is 643. The fourth-order valence-electron chi connectivity index (χ4n) is 1.76. The summed E-state index contributed by atoms with van der Waals surface area (Å²) >= 11 is 0. The van der Waals surface area contributed by atoms with Crippen LogP contribution in [0.5, 0.6) is 0 Å². The van der Waals surface area contributed by atoms with Crippen molar-refractivity contribution in [3.8, 4) is 11.4 Å². The number of nitrogens with zero attached hydrogens (tertiary/aromatic N) is 3. The van der Waals surface area contributed by atoms with Crippen LogP contribution in [0.3, 0.4) is 0 Å². The van der Waals surface area contributed by atoms with Gasteiger partial charge in [0.15, 0.2) is 11.5 Å². The molecule has 4 heteroatoms. The van der Waals surface area contributed by atoms with Crippen LogP contribution in [0.1, 0.15) is 5.56 Å². The summed E-state index contributed by atoms with van der Waals surface area (Å²) in [5.41, 5.74) is 8.51. The van der Waals surface area contributed by atoms with Gasteiger partial charge in [0.1, 0.15) is 0 Å². The van der Waals surface area contributed by atoms with Gasteiger partial charge in [-0.25, -0.2) is 9.50 Å². The molecule has 0 amide bonds. The van der Waals surface area contributed by atoms with Gasteiger partial charge in [0.25, 0.3) is 0 Å². The Morgan fingerprint density at radius 3 is 2.71 bits per heavy atom. The fraction of sp³-hybridized carbons (Fsp3) is 0.0769. The molecule has 2 heterocycles. The third kappa shape index (κ3) is 1.79. The number of nitrogens with two attached hydrogens (primary N) is 1. The van der Waals surface area contributed by atoms with Gasteiger partial charge in [-0.1, -0.05) is 30.3 Å². The van der Waals surface area contributed by atoms with Gasteiger partial charge in [-0.15, -0.1) is 5.10 Å². The number of rotatable bonds is 2. The topological polar surface area (TPSA) is 56.2 Å². The van der Waals surface area contributed by atoms with Crippen LogP contribution in [0.4, 0.5) is 0 Å². The van der Waals surface area contributed by atoms with E-state index in [0.29, 0.717) is 6.54 Å². The Kier molecular flexibility index (Phi) is 2.34. The van der Waals surface area contributed by atoms with Crippen LogP contribution in [-0.2, 0) is 6.54 Å². The van der Waals surface area contributed by atoms with E-state index in [1.165, 1.54) is 0 Å². The van der Waals surface area contributed by atoms with E-state index in [9.17, 15) is 0 Å². The van der Waals surface area contributed by atoms with Crippen molar-refractivity contribution in [2.24, 2.45) is 5.73 Å². The maximum absolute atomic E-state index is 5.60. The summed E-state index contributed by atoms with van der Waals surface area (Å²) in [7, 11) is 0. The lowest BCUT2D eigenvalue weighted by Gasteiger charge is -1.94. The predicted molar refractivity (Wildman–Crippen MR) is 66.3 cm³/mol. The molecule has 0 saturated carbocycles. The van der Waals surface area contributed by atoms with E-state index in [-0.39, 0.29) is 0 Å². The van der Waals surface area contributed by atoms with Gasteiger partial charge in [0.05, 0.1) is 0 Å². The van der Waals surface area contributed by atoms with Gasteiger partial charge in [-0.05, 0) is 17.7 Å². The lowest BCUT2D eigenvalue weighted by Crippen LogP contribution is -1.97. The lowest BCUT2D eigenvalue weighted by molar-refractivity contribution is 0.951. The Morgan fingerprint density at radius 1 is 1.12 bits per heavy atom. The van der Waals surface area contributed by atoms with E-state index in [2.05, 4.69) is 10.1 Å². The second-order valence-corrected chi connectivity index (χ2v) is 3.84. The molecule has 0 aliphatic carbocycles. The molecule has 0 atom stereocenters. The highest BCUT2D eigenvalue weighted by Gasteiger charge is 2.05. The van der Waals surface area contributed by atoms with Gasteiger partial charge in [-0.2, -0.15) is 0 Å². The standard InChI is InChI=1S/C13H12N4/c14-9-10-6-7-17-12(8-10)15-13(16-17)11-4-2-1-3-5-11/h1-8H,9,14H2. The Hall–Kier alpha value is -2.20. The highest BCUT2D eigenvalue weighted by atomic mass is 15.3. The molecule has 4 nitrogen and oxygen atoms in total. The summed E-state index contributed by atoms with van der Waals surface area (Å²) in [5.74, 6) is 0.736. The van der Waals surface area contributed by atoms with Crippen molar-refractivity contribution < 1.29 is 0 Å². The predicted octanol–water partition coefficient (Wildman–Crippen LogP) is 1.85. The van der Waals surface area contributed by atoms with Gasteiger partial charge >= 0.3 is 0 Å². The molecule has 0 unspecified atom stereocenters. The SMILES string of the molecule is NCc1ccn2nc(-c3ccccc3)nc2c1. The van der Waals surface area contributed by atoms with Crippen molar-refractivity contribution in [3.63, 3.8) is 0 Å². The molecule has 0 radical (unpaired) electrons. The molecule has 3 aromatic rings. The first-order valence-electron chi connectivity index (χ1n) is 5.47. The lowest BCUT2D eigenvalue weighted by atomic mass is 10.2. The minimum absolute atomic E-state index is 0.518. The van der Waals surface area contributed by atoms with Gasteiger partial charge < -0.3 is 5.73 Å². The molecule has 2 N–H and O–H groups in total. The number of aromatic nitrogens is 3. The molecule has 0 bridgehead atoms. The molecular formula is C13H12N4. The number of fused-ring (bicyclic) bond motifs is 1. The van der Waals surface area contributed by atoms with Crippen molar-refractivity contribution in [1.29, 1.82) is 0 Å². The van der Waals surface area contributed by atoms with Crippen LogP contribution in [0.15, 0.2) is 48.7 Å². The molecule has 1 aromatic carbocycles. The van der Waals surface area contributed by atoms with Gasteiger partial charge in [0, 0.05) is 18.3 Å². The summed E-state index contributed by atoms with van der Waals surface area (Å²) in [5, 5.41) is 4.42. The van der Waals surface area contributed by atoms with E-state index >= 15 is 0 Å². The summed E-state index contributed by atoms with van der Waals surface area (Å²) in [6, 6.07) is 13.8. The Labute approximate surface area is 98.7 Å². The third-order valence-electron chi connectivity index (χ3n) is 2.67. The number of pyridine rings is 1. The zero-order valence-electron chi connectivity index (χ0n) is 9.24. The van der Waals surface area contributed by atoms with Crippen molar-refractivity contribution in [1.82, 2.24) is 14.6 Å². The summed E-state index contributed by atoms with van der Waals surface area (Å²) in [6.45, 7) is 0.518. The molecular weight excluding hydrogens is 212 g/mol. The average molecular weight is 224 g/mol. The number of hydrogen-bond donors (Lipinski definition) is 1. The minimum atomic E-state index is 0.518. The first kappa shape index (κ1) is 9.99. The van der Waals surface area contributed by atoms with Crippen LogP contribution in [0.2, 0.25) is 0 Å². The Balaban J connectivity index is 2.14.